The number of benzene rings is 2. The molecule has 0 fully saturated rings. The Bertz CT molecular complexity index is 1170. The number of ether oxygens (including phenoxy) is 1. The van der Waals surface area contributed by atoms with Crippen LogP contribution in [0, 0.1) is 0 Å². The van der Waals surface area contributed by atoms with Gasteiger partial charge in [-0.1, -0.05) is 30.3 Å². The van der Waals surface area contributed by atoms with Crippen molar-refractivity contribution in [3.8, 4) is 5.69 Å². The Kier molecular flexibility index (Phi) is 6.86. The molecular weight excluding hydrogens is 418 g/mol. The highest BCUT2D eigenvalue weighted by Gasteiger charge is 2.15. The summed E-state index contributed by atoms with van der Waals surface area (Å²) < 4.78 is 29.7. The van der Waals surface area contributed by atoms with E-state index in [4.69, 9.17) is 4.74 Å². The molecular formula is C22H23N3O5S. The van der Waals surface area contributed by atoms with Crippen molar-refractivity contribution in [1.29, 1.82) is 0 Å². The zero-order chi connectivity index (χ0) is 22.4. The molecule has 9 heteroatoms. The number of rotatable bonds is 8. The SMILES string of the molecule is CN(Cc1cnn(-c2ccccc2)c1)C(=O)COC(=O)c1cccc(CS(C)(=O)=O)c1. The summed E-state index contributed by atoms with van der Waals surface area (Å²) in [6.45, 7) is -0.106. The number of carbonyl (C=O) groups is 2. The fraction of sp³-hybridized carbons (Fsp3) is 0.227. The minimum absolute atomic E-state index is 0.174. The molecule has 1 aromatic heterocycles. The van der Waals surface area contributed by atoms with Gasteiger partial charge in [-0.25, -0.2) is 17.9 Å². The molecule has 1 amide bonds. The smallest absolute Gasteiger partial charge is 0.338 e. The van der Waals surface area contributed by atoms with Crippen molar-refractivity contribution in [1.82, 2.24) is 14.7 Å². The molecule has 0 aliphatic carbocycles. The molecule has 0 aliphatic rings. The van der Waals surface area contributed by atoms with E-state index >= 15 is 0 Å². The predicted molar refractivity (Wildman–Crippen MR) is 115 cm³/mol. The Morgan fingerprint density at radius 3 is 2.52 bits per heavy atom. The fourth-order valence-corrected chi connectivity index (χ4v) is 3.72. The highest BCUT2D eigenvalue weighted by molar-refractivity contribution is 7.89. The highest BCUT2D eigenvalue weighted by atomic mass is 32.2. The minimum atomic E-state index is -3.22. The van der Waals surface area contributed by atoms with Gasteiger partial charge in [0, 0.05) is 31.6 Å². The average molecular weight is 442 g/mol. The second-order valence-electron chi connectivity index (χ2n) is 7.23. The maximum absolute atomic E-state index is 12.4. The van der Waals surface area contributed by atoms with E-state index in [1.54, 1.807) is 30.1 Å². The molecule has 31 heavy (non-hydrogen) atoms. The molecule has 1 heterocycles. The van der Waals surface area contributed by atoms with E-state index in [0.29, 0.717) is 12.1 Å². The third-order valence-electron chi connectivity index (χ3n) is 4.42. The standard InChI is InChI=1S/C22H23N3O5S/c1-24(13-18-12-23-25(14-18)20-9-4-3-5-10-20)21(26)15-30-22(27)19-8-6-7-17(11-19)16-31(2,28)29/h3-12,14H,13,15-16H2,1-2H3. The molecule has 0 saturated heterocycles. The van der Waals surface area contributed by atoms with Gasteiger partial charge in [0.2, 0.25) is 0 Å². The van der Waals surface area contributed by atoms with Gasteiger partial charge < -0.3 is 9.64 Å². The summed E-state index contributed by atoms with van der Waals surface area (Å²) in [6, 6.07) is 15.8. The van der Waals surface area contributed by atoms with Gasteiger partial charge in [0.25, 0.3) is 5.91 Å². The van der Waals surface area contributed by atoms with Crippen LogP contribution < -0.4 is 0 Å². The summed E-state index contributed by atoms with van der Waals surface area (Å²) in [5, 5.41) is 4.30. The number of nitrogens with zero attached hydrogens (tertiary/aromatic N) is 3. The number of esters is 1. The van der Waals surface area contributed by atoms with Gasteiger partial charge in [0.1, 0.15) is 0 Å². The van der Waals surface area contributed by atoms with Gasteiger partial charge in [0.15, 0.2) is 16.4 Å². The molecule has 162 valence electrons. The fourth-order valence-electron chi connectivity index (χ4n) is 2.94. The number of hydrogen-bond acceptors (Lipinski definition) is 6. The molecule has 0 N–H and O–H groups in total. The van der Waals surface area contributed by atoms with E-state index in [9.17, 15) is 18.0 Å². The molecule has 0 radical (unpaired) electrons. The molecule has 3 rings (SSSR count). The maximum Gasteiger partial charge on any atom is 0.338 e. The van der Waals surface area contributed by atoms with Gasteiger partial charge >= 0.3 is 5.97 Å². The van der Waals surface area contributed by atoms with Crippen LogP contribution in [0.15, 0.2) is 67.0 Å². The number of para-hydroxylation sites is 1. The Hall–Kier alpha value is -3.46. The first kappa shape index (κ1) is 22.2. The summed E-state index contributed by atoms with van der Waals surface area (Å²) in [5.41, 5.74) is 2.42. The molecule has 0 atom stereocenters. The lowest BCUT2D eigenvalue weighted by molar-refractivity contribution is -0.133. The monoisotopic (exact) mass is 441 g/mol. The van der Waals surface area contributed by atoms with Crippen LogP contribution in [0.2, 0.25) is 0 Å². The van der Waals surface area contributed by atoms with Crippen LogP contribution >= 0.6 is 0 Å². The number of hydrogen-bond donors (Lipinski definition) is 0. The maximum atomic E-state index is 12.4. The molecule has 0 aliphatic heterocycles. The van der Waals surface area contributed by atoms with Crippen molar-refractivity contribution >= 4 is 21.7 Å². The number of likely N-dealkylation sites (N-methyl/N-ethyl adjacent to an activating group) is 1. The minimum Gasteiger partial charge on any atom is -0.452 e. The molecule has 0 bridgehead atoms. The lowest BCUT2D eigenvalue weighted by atomic mass is 10.1. The van der Waals surface area contributed by atoms with E-state index in [1.807, 2.05) is 36.5 Å². The largest absolute Gasteiger partial charge is 0.452 e. The molecule has 8 nitrogen and oxygen atoms in total. The number of sulfone groups is 1. The first-order valence-electron chi connectivity index (χ1n) is 9.48. The third-order valence-corrected chi connectivity index (χ3v) is 5.28. The molecule has 0 saturated carbocycles. The lowest BCUT2D eigenvalue weighted by Gasteiger charge is -2.16. The number of aromatic nitrogens is 2. The van der Waals surface area contributed by atoms with E-state index in [2.05, 4.69) is 5.10 Å². The van der Waals surface area contributed by atoms with Crippen LogP contribution in [0.1, 0.15) is 21.5 Å². The van der Waals surface area contributed by atoms with Gasteiger partial charge in [-0.05, 0) is 29.8 Å². The van der Waals surface area contributed by atoms with Crippen LogP contribution in [0.4, 0.5) is 0 Å². The van der Waals surface area contributed by atoms with E-state index in [-0.39, 0.29) is 17.2 Å². The third kappa shape index (κ3) is 6.51. The highest BCUT2D eigenvalue weighted by Crippen LogP contribution is 2.11. The van der Waals surface area contributed by atoms with Gasteiger partial charge in [0.05, 0.1) is 23.2 Å². The van der Waals surface area contributed by atoms with Crippen LogP contribution in [0.3, 0.4) is 0 Å². The number of amides is 1. The van der Waals surface area contributed by atoms with Crippen molar-refractivity contribution in [3.63, 3.8) is 0 Å². The Morgan fingerprint density at radius 2 is 1.81 bits per heavy atom. The van der Waals surface area contributed by atoms with E-state index < -0.39 is 22.4 Å². The second-order valence-corrected chi connectivity index (χ2v) is 9.37. The van der Waals surface area contributed by atoms with Crippen molar-refractivity contribution in [2.75, 3.05) is 19.9 Å². The summed E-state index contributed by atoms with van der Waals surface area (Å²) in [5.74, 6) is -1.23. The molecule has 0 unspecified atom stereocenters. The van der Waals surface area contributed by atoms with Gasteiger partial charge in [-0.2, -0.15) is 5.10 Å². The van der Waals surface area contributed by atoms with E-state index in [1.165, 1.54) is 17.0 Å². The van der Waals surface area contributed by atoms with Crippen molar-refractivity contribution in [3.05, 3.63) is 83.7 Å². The quantitative estimate of drug-likeness (QED) is 0.497. The van der Waals surface area contributed by atoms with Crippen LogP contribution in [-0.2, 0) is 31.7 Å². The molecule has 0 spiro atoms. The van der Waals surface area contributed by atoms with E-state index in [0.717, 1.165) is 17.5 Å². The second kappa shape index (κ2) is 9.57. The first-order valence-corrected chi connectivity index (χ1v) is 11.5. The zero-order valence-corrected chi connectivity index (χ0v) is 18.1. The zero-order valence-electron chi connectivity index (χ0n) is 17.3. The summed E-state index contributed by atoms with van der Waals surface area (Å²) >= 11 is 0. The summed E-state index contributed by atoms with van der Waals surface area (Å²) in [6.07, 6.45) is 4.63. The van der Waals surface area contributed by atoms with Crippen molar-refractivity contribution in [2.24, 2.45) is 0 Å². The van der Waals surface area contributed by atoms with Crippen LogP contribution in [-0.4, -0.2) is 54.9 Å². The summed E-state index contributed by atoms with van der Waals surface area (Å²) in [7, 11) is -1.61. The Morgan fingerprint density at radius 1 is 1.06 bits per heavy atom. The van der Waals surface area contributed by atoms with Crippen LogP contribution in [0.25, 0.3) is 5.69 Å². The topological polar surface area (TPSA) is 98.6 Å². The normalized spacial score (nSPS) is 11.2. The van der Waals surface area contributed by atoms with Crippen LogP contribution in [0.5, 0.6) is 0 Å². The van der Waals surface area contributed by atoms with Gasteiger partial charge in [-0.15, -0.1) is 0 Å². The Labute approximate surface area is 181 Å². The predicted octanol–water partition coefficient (Wildman–Crippen LogP) is 2.23. The van der Waals surface area contributed by atoms with Crippen molar-refractivity contribution in [2.45, 2.75) is 12.3 Å². The lowest BCUT2D eigenvalue weighted by Crippen LogP contribution is -2.30. The first-order chi connectivity index (χ1) is 14.7. The number of carbonyl (C=O) groups excluding carboxylic acids is 2. The van der Waals surface area contributed by atoms with Crippen molar-refractivity contribution < 1.29 is 22.7 Å². The Balaban J connectivity index is 1.54. The van der Waals surface area contributed by atoms with Gasteiger partial charge in [-0.3, -0.25) is 4.79 Å². The molecule has 2 aromatic carbocycles. The average Bonchev–Trinajstić information content (AvgIpc) is 3.19. The summed E-state index contributed by atoms with van der Waals surface area (Å²) in [4.78, 5) is 26.1. The molecule has 3 aromatic rings.